The number of fused-ring (bicyclic) bond motifs is 1. The van der Waals surface area contributed by atoms with Gasteiger partial charge in [-0.2, -0.15) is 0 Å². The van der Waals surface area contributed by atoms with Crippen LogP contribution in [0.4, 0.5) is 0 Å². The van der Waals surface area contributed by atoms with E-state index in [1.54, 1.807) is 13.3 Å². The summed E-state index contributed by atoms with van der Waals surface area (Å²) < 4.78 is 6.13. The molecule has 2 rings (SSSR count). The summed E-state index contributed by atoms with van der Waals surface area (Å²) in [5.41, 5.74) is 1.37. The molecule has 0 bridgehead atoms. The molecule has 0 N–H and O–H groups in total. The van der Waals surface area contributed by atoms with Crippen molar-refractivity contribution in [2.75, 3.05) is 7.11 Å². The molecule has 0 aliphatic heterocycles. The van der Waals surface area contributed by atoms with Crippen LogP contribution in [0.25, 0.3) is 10.9 Å². The van der Waals surface area contributed by atoms with Gasteiger partial charge in [0.1, 0.15) is 19.1 Å². The molecule has 2 radical (unpaired) electrons. The summed E-state index contributed by atoms with van der Waals surface area (Å²) in [5.74, 6) is 0.629. The summed E-state index contributed by atoms with van der Waals surface area (Å²) in [6.07, 6.45) is 1.72. The second-order valence-corrected chi connectivity index (χ2v) is 3.73. The van der Waals surface area contributed by atoms with Crippen LogP contribution in [0, 0.1) is 0 Å². The maximum absolute atomic E-state index is 5.80. The standard InChI is InChI=1S/C10H7BBrNO/c1-14-10-7(11)5-8(12)6-3-2-4-13-9(6)10/h2-5H,1H3. The van der Waals surface area contributed by atoms with E-state index in [4.69, 9.17) is 12.6 Å². The molecule has 1 heterocycles. The lowest BCUT2D eigenvalue weighted by atomic mass is 9.93. The molecule has 1 aromatic heterocycles. The highest BCUT2D eigenvalue weighted by molar-refractivity contribution is 9.10. The van der Waals surface area contributed by atoms with E-state index >= 15 is 0 Å². The molecule has 1 aromatic carbocycles. The summed E-state index contributed by atoms with van der Waals surface area (Å²) in [7, 11) is 7.39. The number of nitrogens with zero attached hydrogens (tertiary/aromatic N) is 1. The zero-order valence-corrected chi connectivity index (χ0v) is 9.21. The molecule has 2 aromatic rings. The van der Waals surface area contributed by atoms with Crippen molar-refractivity contribution in [2.45, 2.75) is 0 Å². The average molecular weight is 248 g/mol. The molecular weight excluding hydrogens is 241 g/mol. The topological polar surface area (TPSA) is 22.1 Å². The molecule has 0 aliphatic carbocycles. The van der Waals surface area contributed by atoms with Crippen LogP contribution in [0.15, 0.2) is 28.9 Å². The van der Waals surface area contributed by atoms with Gasteiger partial charge in [-0.15, -0.1) is 0 Å². The van der Waals surface area contributed by atoms with Crippen molar-refractivity contribution < 1.29 is 4.74 Å². The maximum atomic E-state index is 5.80. The Morgan fingerprint density at radius 3 is 3.00 bits per heavy atom. The fourth-order valence-electron chi connectivity index (χ4n) is 1.41. The summed E-state index contributed by atoms with van der Waals surface area (Å²) in [5, 5.41) is 0.999. The van der Waals surface area contributed by atoms with Gasteiger partial charge in [-0.1, -0.05) is 33.5 Å². The third kappa shape index (κ3) is 1.40. The lowest BCUT2D eigenvalue weighted by molar-refractivity contribution is 0.422. The Labute approximate surface area is 91.8 Å². The summed E-state index contributed by atoms with van der Waals surface area (Å²) in [6, 6.07) is 5.67. The van der Waals surface area contributed by atoms with E-state index in [0.29, 0.717) is 11.2 Å². The van der Waals surface area contributed by atoms with Gasteiger partial charge < -0.3 is 4.74 Å². The van der Waals surface area contributed by atoms with Crippen LogP contribution in [0.2, 0.25) is 0 Å². The van der Waals surface area contributed by atoms with Crippen LogP contribution in [0.1, 0.15) is 0 Å². The molecule has 0 unspecified atom stereocenters. The Morgan fingerprint density at radius 1 is 1.50 bits per heavy atom. The van der Waals surface area contributed by atoms with Crippen LogP contribution < -0.4 is 10.2 Å². The molecule has 0 saturated heterocycles. The SMILES string of the molecule is [B]c1cc(Br)c2cccnc2c1OC. The van der Waals surface area contributed by atoms with Crippen molar-refractivity contribution in [2.24, 2.45) is 0 Å². The fourth-order valence-corrected chi connectivity index (χ4v) is 1.98. The van der Waals surface area contributed by atoms with Gasteiger partial charge >= 0.3 is 0 Å². The molecule has 0 atom stereocenters. The lowest BCUT2D eigenvalue weighted by Gasteiger charge is -2.09. The van der Waals surface area contributed by atoms with Crippen LogP contribution in [0.5, 0.6) is 5.75 Å². The molecule has 4 heteroatoms. The van der Waals surface area contributed by atoms with Gasteiger partial charge in [0.15, 0.2) is 0 Å². The fraction of sp³-hybridized carbons (Fsp3) is 0.100. The molecule has 0 aliphatic rings. The minimum Gasteiger partial charge on any atom is -0.495 e. The third-order valence-corrected chi connectivity index (χ3v) is 2.68. The van der Waals surface area contributed by atoms with E-state index in [1.807, 2.05) is 18.2 Å². The summed E-state index contributed by atoms with van der Waals surface area (Å²) >= 11 is 3.44. The monoisotopic (exact) mass is 247 g/mol. The maximum Gasteiger partial charge on any atom is 0.138 e. The zero-order valence-electron chi connectivity index (χ0n) is 7.62. The number of methoxy groups -OCH3 is 1. The van der Waals surface area contributed by atoms with Gasteiger partial charge in [0.25, 0.3) is 0 Å². The van der Waals surface area contributed by atoms with Gasteiger partial charge in [-0.3, -0.25) is 4.98 Å². The lowest BCUT2D eigenvalue weighted by Crippen LogP contribution is -2.08. The quantitative estimate of drug-likeness (QED) is 0.718. The predicted octanol–water partition coefficient (Wildman–Crippen LogP) is 1.80. The first-order valence-electron chi connectivity index (χ1n) is 4.10. The number of ether oxygens (including phenoxy) is 1. The number of hydrogen-bond acceptors (Lipinski definition) is 2. The molecule has 68 valence electrons. The number of aromatic nitrogens is 1. The van der Waals surface area contributed by atoms with Crippen molar-refractivity contribution >= 4 is 40.1 Å². The van der Waals surface area contributed by atoms with Crippen LogP contribution >= 0.6 is 15.9 Å². The number of pyridine rings is 1. The number of hydrogen-bond donors (Lipinski definition) is 0. The first-order chi connectivity index (χ1) is 6.74. The van der Waals surface area contributed by atoms with Gasteiger partial charge in [-0.25, -0.2) is 0 Å². The number of halogens is 1. The highest BCUT2D eigenvalue weighted by atomic mass is 79.9. The van der Waals surface area contributed by atoms with Crippen molar-refractivity contribution in [1.82, 2.24) is 4.98 Å². The largest absolute Gasteiger partial charge is 0.495 e. The van der Waals surface area contributed by atoms with E-state index < -0.39 is 0 Å². The Morgan fingerprint density at radius 2 is 2.29 bits per heavy atom. The first-order valence-corrected chi connectivity index (χ1v) is 4.90. The number of benzene rings is 1. The van der Waals surface area contributed by atoms with E-state index in [2.05, 4.69) is 20.9 Å². The highest BCUT2D eigenvalue weighted by Crippen LogP contribution is 2.27. The van der Waals surface area contributed by atoms with Crippen molar-refractivity contribution in [3.05, 3.63) is 28.9 Å². The molecule has 2 nitrogen and oxygen atoms in total. The normalized spacial score (nSPS) is 10.4. The van der Waals surface area contributed by atoms with Crippen LogP contribution in [0.3, 0.4) is 0 Å². The molecule has 0 spiro atoms. The van der Waals surface area contributed by atoms with E-state index in [1.165, 1.54) is 0 Å². The number of rotatable bonds is 1. The highest BCUT2D eigenvalue weighted by Gasteiger charge is 2.08. The van der Waals surface area contributed by atoms with E-state index in [-0.39, 0.29) is 0 Å². The summed E-state index contributed by atoms with van der Waals surface area (Å²) in [6.45, 7) is 0. The van der Waals surface area contributed by atoms with Crippen molar-refractivity contribution in [3.63, 3.8) is 0 Å². The molecule has 14 heavy (non-hydrogen) atoms. The molecular formula is C10H7BBrNO. The van der Waals surface area contributed by atoms with Gasteiger partial charge in [0, 0.05) is 16.1 Å². The second kappa shape index (κ2) is 3.61. The van der Waals surface area contributed by atoms with Crippen molar-refractivity contribution in [1.29, 1.82) is 0 Å². The zero-order chi connectivity index (χ0) is 10.1. The second-order valence-electron chi connectivity index (χ2n) is 2.88. The van der Waals surface area contributed by atoms with Crippen LogP contribution in [-0.2, 0) is 0 Å². The molecule has 0 amide bonds. The van der Waals surface area contributed by atoms with E-state index in [0.717, 1.165) is 15.4 Å². The minimum atomic E-state index is 0.588. The average Bonchev–Trinajstić information content (AvgIpc) is 2.18. The smallest absolute Gasteiger partial charge is 0.138 e. The minimum absolute atomic E-state index is 0.588. The summed E-state index contributed by atoms with van der Waals surface area (Å²) in [4.78, 5) is 4.24. The Hall–Kier alpha value is -1.03. The predicted molar refractivity (Wildman–Crippen MR) is 61.4 cm³/mol. The molecule has 0 fully saturated rings. The van der Waals surface area contributed by atoms with Crippen LogP contribution in [-0.4, -0.2) is 19.9 Å². The third-order valence-electron chi connectivity index (χ3n) is 2.03. The Balaban J connectivity index is 2.90. The van der Waals surface area contributed by atoms with Crippen molar-refractivity contribution in [3.8, 4) is 5.75 Å². The van der Waals surface area contributed by atoms with Gasteiger partial charge in [-0.05, 0) is 6.07 Å². The van der Waals surface area contributed by atoms with Gasteiger partial charge in [0.05, 0.1) is 7.11 Å². The molecule has 0 saturated carbocycles. The Kier molecular flexibility index (Phi) is 2.46. The van der Waals surface area contributed by atoms with E-state index in [9.17, 15) is 0 Å². The first kappa shape index (κ1) is 9.53. The van der Waals surface area contributed by atoms with Gasteiger partial charge in [0.2, 0.25) is 0 Å². The Bertz CT molecular complexity index is 487.